The lowest BCUT2D eigenvalue weighted by atomic mass is 10.2. The van der Waals surface area contributed by atoms with Crippen LogP contribution in [0.15, 0.2) is 24.3 Å². The highest BCUT2D eigenvalue weighted by atomic mass is 16.5. The van der Waals surface area contributed by atoms with E-state index in [0.29, 0.717) is 31.1 Å². The summed E-state index contributed by atoms with van der Waals surface area (Å²) in [5, 5.41) is 3.28. The van der Waals surface area contributed by atoms with E-state index < -0.39 is 0 Å². The Morgan fingerprint density at radius 3 is 3.05 bits per heavy atom. The van der Waals surface area contributed by atoms with Crippen LogP contribution < -0.4 is 10.1 Å². The summed E-state index contributed by atoms with van der Waals surface area (Å²) in [6.07, 6.45) is 0.928. The third-order valence-electron chi connectivity index (χ3n) is 3.29. The van der Waals surface area contributed by atoms with E-state index in [0.717, 1.165) is 26.1 Å². The summed E-state index contributed by atoms with van der Waals surface area (Å²) in [7, 11) is 1.69. The molecule has 20 heavy (non-hydrogen) atoms. The van der Waals surface area contributed by atoms with Gasteiger partial charge in [-0.25, -0.2) is 0 Å². The number of hydrogen-bond acceptors (Lipinski definition) is 4. The number of nitrogens with one attached hydrogen (secondary N) is 1. The van der Waals surface area contributed by atoms with Gasteiger partial charge in [-0.1, -0.05) is 12.1 Å². The summed E-state index contributed by atoms with van der Waals surface area (Å²) in [5.41, 5.74) is 0.664. The molecular weight excluding hydrogens is 256 g/mol. The molecule has 0 saturated carbocycles. The first-order valence-electron chi connectivity index (χ1n) is 7.03. The Morgan fingerprint density at radius 1 is 1.35 bits per heavy atom. The quantitative estimate of drug-likeness (QED) is 0.760. The average molecular weight is 278 g/mol. The van der Waals surface area contributed by atoms with Gasteiger partial charge in [-0.3, -0.25) is 4.79 Å². The standard InChI is InChI=1S/C15H22N2O3/c1-19-11-8-16-7-4-9-17-10-12-20-14-6-3-2-5-13(14)15(17)18/h2-3,5-6,16H,4,7-12H2,1H3. The maximum absolute atomic E-state index is 12.4. The zero-order valence-corrected chi connectivity index (χ0v) is 11.9. The molecule has 1 heterocycles. The van der Waals surface area contributed by atoms with E-state index in [1.165, 1.54) is 0 Å². The van der Waals surface area contributed by atoms with Crippen LogP contribution in [0.5, 0.6) is 5.75 Å². The fraction of sp³-hybridized carbons (Fsp3) is 0.533. The Hall–Kier alpha value is -1.59. The number of amides is 1. The van der Waals surface area contributed by atoms with E-state index in [1.807, 2.05) is 29.2 Å². The molecule has 2 rings (SSSR count). The molecule has 1 aliphatic rings. The number of para-hydroxylation sites is 1. The first-order valence-corrected chi connectivity index (χ1v) is 7.03. The Balaban J connectivity index is 1.82. The minimum Gasteiger partial charge on any atom is -0.491 e. The molecule has 110 valence electrons. The fourth-order valence-corrected chi connectivity index (χ4v) is 2.21. The van der Waals surface area contributed by atoms with Crippen LogP contribution in [0, 0.1) is 0 Å². The van der Waals surface area contributed by atoms with E-state index in [9.17, 15) is 4.79 Å². The highest BCUT2D eigenvalue weighted by Crippen LogP contribution is 2.22. The zero-order chi connectivity index (χ0) is 14.2. The first-order chi connectivity index (χ1) is 9.83. The number of methoxy groups -OCH3 is 1. The van der Waals surface area contributed by atoms with Crippen LogP contribution in [0.4, 0.5) is 0 Å². The minimum absolute atomic E-state index is 0.0648. The molecule has 0 bridgehead atoms. The van der Waals surface area contributed by atoms with Crippen molar-refractivity contribution in [2.75, 3.05) is 46.5 Å². The van der Waals surface area contributed by atoms with E-state index in [4.69, 9.17) is 9.47 Å². The third kappa shape index (κ3) is 3.95. The number of carbonyl (C=O) groups is 1. The summed E-state index contributed by atoms with van der Waals surface area (Å²) in [4.78, 5) is 14.3. The molecule has 1 aromatic carbocycles. The Kier molecular flexibility index (Phi) is 5.83. The summed E-state index contributed by atoms with van der Waals surface area (Å²) < 4.78 is 10.6. The second kappa shape index (κ2) is 7.87. The van der Waals surface area contributed by atoms with Crippen molar-refractivity contribution in [1.82, 2.24) is 10.2 Å². The Bertz CT molecular complexity index is 437. The lowest BCUT2D eigenvalue weighted by Gasteiger charge is -2.19. The molecule has 0 atom stereocenters. The number of fused-ring (bicyclic) bond motifs is 1. The van der Waals surface area contributed by atoms with Crippen LogP contribution in [-0.4, -0.2) is 57.3 Å². The molecule has 5 nitrogen and oxygen atoms in total. The normalized spacial score (nSPS) is 14.7. The molecule has 1 N–H and O–H groups in total. The number of benzene rings is 1. The molecule has 0 aromatic heterocycles. The Labute approximate surface area is 119 Å². The molecule has 0 unspecified atom stereocenters. The number of ether oxygens (including phenoxy) is 2. The van der Waals surface area contributed by atoms with E-state index >= 15 is 0 Å². The number of carbonyl (C=O) groups excluding carboxylic acids is 1. The molecule has 0 saturated heterocycles. The van der Waals surface area contributed by atoms with Crippen molar-refractivity contribution in [3.05, 3.63) is 29.8 Å². The molecule has 1 aromatic rings. The molecule has 0 aliphatic carbocycles. The highest BCUT2D eigenvalue weighted by Gasteiger charge is 2.22. The predicted molar refractivity (Wildman–Crippen MR) is 77.2 cm³/mol. The molecule has 1 amide bonds. The molecule has 0 fully saturated rings. The maximum atomic E-state index is 12.4. The van der Waals surface area contributed by atoms with Gasteiger partial charge in [0.25, 0.3) is 5.91 Å². The van der Waals surface area contributed by atoms with Crippen LogP contribution in [0.1, 0.15) is 16.8 Å². The van der Waals surface area contributed by atoms with Crippen LogP contribution >= 0.6 is 0 Å². The first kappa shape index (κ1) is 14.8. The van der Waals surface area contributed by atoms with Gasteiger partial charge in [0.1, 0.15) is 12.4 Å². The Morgan fingerprint density at radius 2 is 2.20 bits per heavy atom. The zero-order valence-electron chi connectivity index (χ0n) is 11.9. The molecule has 1 aliphatic heterocycles. The largest absolute Gasteiger partial charge is 0.491 e. The summed E-state index contributed by atoms with van der Waals surface area (Å²) in [6, 6.07) is 7.44. The second-order valence-corrected chi connectivity index (χ2v) is 4.73. The highest BCUT2D eigenvalue weighted by molar-refractivity contribution is 5.97. The van der Waals surface area contributed by atoms with Gasteiger partial charge < -0.3 is 19.7 Å². The average Bonchev–Trinajstić information content (AvgIpc) is 2.63. The minimum atomic E-state index is 0.0648. The summed E-state index contributed by atoms with van der Waals surface area (Å²) in [6.45, 7) is 4.39. The smallest absolute Gasteiger partial charge is 0.257 e. The van der Waals surface area contributed by atoms with Crippen LogP contribution in [-0.2, 0) is 4.74 Å². The third-order valence-corrected chi connectivity index (χ3v) is 3.29. The van der Waals surface area contributed by atoms with E-state index in [-0.39, 0.29) is 5.91 Å². The van der Waals surface area contributed by atoms with Crippen LogP contribution in [0.3, 0.4) is 0 Å². The van der Waals surface area contributed by atoms with Crippen molar-refractivity contribution >= 4 is 5.91 Å². The van der Waals surface area contributed by atoms with Gasteiger partial charge in [-0.15, -0.1) is 0 Å². The monoisotopic (exact) mass is 278 g/mol. The maximum Gasteiger partial charge on any atom is 0.257 e. The second-order valence-electron chi connectivity index (χ2n) is 4.73. The predicted octanol–water partition coefficient (Wildman–Crippen LogP) is 1.15. The summed E-state index contributed by atoms with van der Waals surface area (Å²) in [5.74, 6) is 0.758. The molecule has 0 radical (unpaired) electrons. The van der Waals surface area contributed by atoms with Crippen LogP contribution in [0.25, 0.3) is 0 Å². The topological polar surface area (TPSA) is 50.8 Å². The number of hydrogen-bond donors (Lipinski definition) is 1. The SMILES string of the molecule is COCCNCCCN1CCOc2ccccc2C1=O. The van der Waals surface area contributed by atoms with Crippen molar-refractivity contribution < 1.29 is 14.3 Å². The van der Waals surface area contributed by atoms with Crippen molar-refractivity contribution in [3.63, 3.8) is 0 Å². The lowest BCUT2D eigenvalue weighted by Crippen LogP contribution is -2.35. The van der Waals surface area contributed by atoms with Crippen molar-refractivity contribution in [2.24, 2.45) is 0 Å². The van der Waals surface area contributed by atoms with E-state index in [2.05, 4.69) is 5.32 Å². The molecule has 0 spiro atoms. The molecule has 5 heteroatoms. The van der Waals surface area contributed by atoms with Gasteiger partial charge in [0.2, 0.25) is 0 Å². The van der Waals surface area contributed by atoms with Crippen LogP contribution in [0.2, 0.25) is 0 Å². The lowest BCUT2D eigenvalue weighted by molar-refractivity contribution is 0.0753. The fourth-order valence-electron chi connectivity index (χ4n) is 2.21. The summed E-state index contributed by atoms with van der Waals surface area (Å²) >= 11 is 0. The van der Waals surface area contributed by atoms with E-state index in [1.54, 1.807) is 7.11 Å². The number of rotatable bonds is 7. The van der Waals surface area contributed by atoms with Gasteiger partial charge in [-0.05, 0) is 25.1 Å². The van der Waals surface area contributed by atoms with Gasteiger partial charge in [0.15, 0.2) is 0 Å². The van der Waals surface area contributed by atoms with Crippen molar-refractivity contribution in [1.29, 1.82) is 0 Å². The van der Waals surface area contributed by atoms with Gasteiger partial charge in [-0.2, -0.15) is 0 Å². The number of nitrogens with zero attached hydrogens (tertiary/aromatic N) is 1. The molecular formula is C15H22N2O3. The van der Waals surface area contributed by atoms with Gasteiger partial charge in [0, 0.05) is 20.2 Å². The van der Waals surface area contributed by atoms with Gasteiger partial charge in [0.05, 0.1) is 18.7 Å². The van der Waals surface area contributed by atoms with Gasteiger partial charge >= 0.3 is 0 Å². The van der Waals surface area contributed by atoms with Crippen molar-refractivity contribution in [2.45, 2.75) is 6.42 Å². The van der Waals surface area contributed by atoms with Crippen molar-refractivity contribution in [3.8, 4) is 5.75 Å².